The van der Waals surface area contributed by atoms with Crippen LogP contribution in [0.25, 0.3) is 0 Å². The Morgan fingerprint density at radius 1 is 0.765 bits per heavy atom. The lowest BCUT2D eigenvalue weighted by molar-refractivity contribution is -0.139. The van der Waals surface area contributed by atoms with Crippen LogP contribution in [0.2, 0.25) is 0 Å². The monoisotopic (exact) mass is 241 g/mol. The number of hydrogen-bond donors (Lipinski definition) is 1. The first-order valence-corrected chi connectivity index (χ1v) is 6.45. The minimum atomic E-state index is -0.404. The molecule has 0 heterocycles. The van der Waals surface area contributed by atoms with E-state index < -0.39 is 5.41 Å². The maximum Gasteiger partial charge on any atom is 0.145 e. The molecule has 0 atom stereocenters. The van der Waals surface area contributed by atoms with Gasteiger partial charge in [0.05, 0.1) is 0 Å². The molecule has 17 heavy (non-hydrogen) atoms. The van der Waals surface area contributed by atoms with Crippen molar-refractivity contribution in [1.29, 1.82) is 0 Å². The van der Waals surface area contributed by atoms with E-state index in [1.165, 1.54) is 0 Å². The van der Waals surface area contributed by atoms with E-state index in [-0.39, 0.29) is 16.5 Å². The van der Waals surface area contributed by atoms with E-state index in [0.29, 0.717) is 5.78 Å². The highest BCUT2D eigenvalue weighted by molar-refractivity contribution is 5.90. The molecule has 0 fully saturated rings. The van der Waals surface area contributed by atoms with E-state index in [9.17, 15) is 4.79 Å². The van der Waals surface area contributed by atoms with Gasteiger partial charge in [-0.25, -0.2) is 0 Å². The van der Waals surface area contributed by atoms with Crippen LogP contribution >= 0.6 is 0 Å². The van der Waals surface area contributed by atoms with Gasteiger partial charge in [-0.2, -0.15) is 0 Å². The first-order valence-electron chi connectivity index (χ1n) is 6.45. The Morgan fingerprint density at radius 2 is 1.12 bits per heavy atom. The molecule has 0 saturated carbocycles. The summed E-state index contributed by atoms with van der Waals surface area (Å²) in [6.45, 7) is 20.7. The number of Topliss-reactive ketones (excluding diaryl/α,β-unsaturated/α-hetero) is 1. The molecule has 0 bridgehead atoms. The molecule has 0 radical (unpaired) electrons. The van der Waals surface area contributed by atoms with E-state index in [1.807, 2.05) is 34.6 Å². The predicted octanol–water partition coefficient (Wildman–Crippen LogP) is 3.79. The van der Waals surface area contributed by atoms with Crippen molar-refractivity contribution in [2.24, 2.45) is 10.8 Å². The molecule has 1 N–H and O–H groups in total. The van der Waals surface area contributed by atoms with Gasteiger partial charge in [0.2, 0.25) is 0 Å². The Hall–Kier alpha value is -0.370. The second kappa shape index (κ2) is 4.38. The minimum absolute atomic E-state index is 0.00106. The van der Waals surface area contributed by atoms with Gasteiger partial charge in [-0.05, 0) is 34.6 Å². The van der Waals surface area contributed by atoms with Gasteiger partial charge < -0.3 is 5.32 Å². The highest BCUT2D eigenvalue weighted by Gasteiger charge is 2.47. The third kappa shape index (κ3) is 4.09. The number of hydrogen-bond acceptors (Lipinski definition) is 2. The molecule has 0 aromatic carbocycles. The van der Waals surface area contributed by atoms with Gasteiger partial charge in [-0.15, -0.1) is 0 Å². The molecule has 0 aliphatic rings. The van der Waals surface area contributed by atoms with Gasteiger partial charge in [-0.3, -0.25) is 4.79 Å². The molecule has 0 amide bonds. The van der Waals surface area contributed by atoms with Crippen molar-refractivity contribution in [2.45, 2.75) is 80.3 Å². The Labute approximate surface area is 108 Å². The Bertz CT molecular complexity index is 287. The van der Waals surface area contributed by atoms with Crippen LogP contribution in [-0.2, 0) is 4.79 Å². The topological polar surface area (TPSA) is 29.1 Å². The summed E-state index contributed by atoms with van der Waals surface area (Å²) in [4.78, 5) is 12.6. The molecular formula is C15H31NO. The SMILES string of the molecule is CC(C)(C)NC(C)(C)C(C)(C)C(=O)C(C)(C)C. The van der Waals surface area contributed by atoms with Gasteiger partial charge in [0.1, 0.15) is 5.78 Å². The summed E-state index contributed by atoms with van der Waals surface area (Å²) in [5.74, 6) is 0.298. The number of rotatable bonds is 3. The fraction of sp³-hybridized carbons (Fsp3) is 0.933. The van der Waals surface area contributed by atoms with Crippen LogP contribution in [0.15, 0.2) is 0 Å². The lowest BCUT2D eigenvalue weighted by atomic mass is 9.64. The van der Waals surface area contributed by atoms with E-state index in [1.54, 1.807) is 0 Å². The lowest BCUT2D eigenvalue weighted by Gasteiger charge is -2.47. The van der Waals surface area contributed by atoms with E-state index in [0.717, 1.165) is 0 Å². The zero-order valence-electron chi connectivity index (χ0n) is 13.4. The van der Waals surface area contributed by atoms with Gasteiger partial charge in [-0.1, -0.05) is 34.6 Å². The zero-order chi connectivity index (χ0) is 14.3. The Morgan fingerprint density at radius 3 is 1.35 bits per heavy atom. The second-order valence-corrected chi connectivity index (χ2v) is 8.20. The Balaban J connectivity index is 5.24. The van der Waals surface area contributed by atoms with Gasteiger partial charge in [0.25, 0.3) is 0 Å². The van der Waals surface area contributed by atoms with E-state index >= 15 is 0 Å². The summed E-state index contributed by atoms with van der Waals surface area (Å²) in [6, 6.07) is 0. The normalized spacial score (nSPS) is 14.9. The molecule has 0 aromatic rings. The van der Waals surface area contributed by atoms with Crippen LogP contribution in [0.1, 0.15) is 69.2 Å². The van der Waals surface area contributed by atoms with Crippen LogP contribution in [-0.4, -0.2) is 16.9 Å². The number of nitrogens with one attached hydrogen (secondary N) is 1. The number of carbonyl (C=O) groups excluding carboxylic acids is 1. The van der Waals surface area contributed by atoms with Crippen LogP contribution in [0, 0.1) is 10.8 Å². The molecule has 2 heteroatoms. The highest BCUT2D eigenvalue weighted by Crippen LogP contribution is 2.38. The fourth-order valence-corrected chi connectivity index (χ4v) is 2.32. The van der Waals surface area contributed by atoms with Crippen molar-refractivity contribution >= 4 is 5.78 Å². The predicted molar refractivity (Wildman–Crippen MR) is 75.2 cm³/mol. The van der Waals surface area contributed by atoms with Crippen molar-refractivity contribution in [1.82, 2.24) is 5.32 Å². The number of carbonyl (C=O) groups is 1. The number of ketones is 1. The van der Waals surface area contributed by atoms with Gasteiger partial charge in [0.15, 0.2) is 0 Å². The summed E-state index contributed by atoms with van der Waals surface area (Å²) in [7, 11) is 0. The molecule has 0 aromatic heterocycles. The second-order valence-electron chi connectivity index (χ2n) is 8.20. The average Bonchev–Trinajstić information content (AvgIpc) is 1.95. The molecule has 0 unspecified atom stereocenters. The van der Waals surface area contributed by atoms with Crippen LogP contribution in [0.4, 0.5) is 0 Å². The lowest BCUT2D eigenvalue weighted by Crippen LogP contribution is -2.62. The third-order valence-corrected chi connectivity index (χ3v) is 3.50. The van der Waals surface area contributed by atoms with Crippen molar-refractivity contribution in [2.75, 3.05) is 0 Å². The molecule has 0 aliphatic heterocycles. The molecular weight excluding hydrogens is 210 g/mol. The summed E-state index contributed by atoms with van der Waals surface area (Å²) >= 11 is 0. The van der Waals surface area contributed by atoms with Crippen LogP contribution in [0.5, 0.6) is 0 Å². The summed E-state index contributed by atoms with van der Waals surface area (Å²) in [5.41, 5.74) is -0.951. The van der Waals surface area contributed by atoms with Crippen molar-refractivity contribution < 1.29 is 4.79 Å². The van der Waals surface area contributed by atoms with E-state index in [4.69, 9.17) is 0 Å². The Kier molecular flexibility index (Phi) is 4.29. The first-order chi connectivity index (χ1) is 7.11. The molecule has 2 nitrogen and oxygen atoms in total. The van der Waals surface area contributed by atoms with Gasteiger partial charge >= 0.3 is 0 Å². The van der Waals surface area contributed by atoms with E-state index in [2.05, 4.69) is 39.9 Å². The average molecular weight is 241 g/mol. The maximum absolute atomic E-state index is 12.6. The van der Waals surface area contributed by atoms with Crippen molar-refractivity contribution in [3.8, 4) is 0 Å². The zero-order valence-corrected chi connectivity index (χ0v) is 13.4. The smallest absolute Gasteiger partial charge is 0.145 e. The maximum atomic E-state index is 12.6. The minimum Gasteiger partial charge on any atom is -0.306 e. The summed E-state index contributed by atoms with van der Waals surface area (Å²) in [5, 5.41) is 3.57. The fourth-order valence-electron chi connectivity index (χ4n) is 2.32. The van der Waals surface area contributed by atoms with Crippen LogP contribution < -0.4 is 5.32 Å². The quantitative estimate of drug-likeness (QED) is 0.814. The standard InChI is InChI=1S/C15H31NO/c1-12(2,3)11(17)14(7,8)15(9,10)16-13(4,5)6/h16H,1-10H3. The molecule has 102 valence electrons. The van der Waals surface area contributed by atoms with Gasteiger partial charge in [0, 0.05) is 21.9 Å². The molecule has 0 aliphatic carbocycles. The van der Waals surface area contributed by atoms with Crippen LogP contribution in [0.3, 0.4) is 0 Å². The molecule has 0 spiro atoms. The largest absolute Gasteiger partial charge is 0.306 e. The summed E-state index contributed by atoms with van der Waals surface area (Å²) in [6.07, 6.45) is 0. The van der Waals surface area contributed by atoms with Crippen molar-refractivity contribution in [3.05, 3.63) is 0 Å². The molecule has 0 rings (SSSR count). The molecule has 0 saturated heterocycles. The highest BCUT2D eigenvalue weighted by atomic mass is 16.1. The first kappa shape index (κ1) is 16.6. The summed E-state index contributed by atoms with van der Waals surface area (Å²) < 4.78 is 0. The van der Waals surface area contributed by atoms with Crippen molar-refractivity contribution in [3.63, 3.8) is 0 Å². The third-order valence-electron chi connectivity index (χ3n) is 3.50.